The van der Waals surface area contributed by atoms with Gasteiger partial charge in [0.1, 0.15) is 11.9 Å². The van der Waals surface area contributed by atoms with Crippen molar-refractivity contribution in [1.82, 2.24) is 5.32 Å². The van der Waals surface area contributed by atoms with Crippen LogP contribution in [-0.2, 0) is 11.2 Å². The van der Waals surface area contributed by atoms with E-state index in [9.17, 15) is 9.18 Å². The topological polar surface area (TPSA) is 49.3 Å². The van der Waals surface area contributed by atoms with E-state index in [0.29, 0.717) is 18.4 Å². The molecule has 0 aromatic heterocycles. The van der Waals surface area contributed by atoms with E-state index in [0.717, 1.165) is 0 Å². The number of aliphatic carboxylic acids is 1. The minimum Gasteiger partial charge on any atom is -0.480 e. The number of likely N-dealkylation sites (N-methyl/N-ethyl adjacent to an activating group) is 1. The van der Waals surface area contributed by atoms with Crippen LogP contribution in [0.2, 0.25) is 0 Å². The molecule has 0 bridgehead atoms. The fraction of sp³-hybridized carbons (Fsp3) is 0.364. The van der Waals surface area contributed by atoms with Gasteiger partial charge < -0.3 is 10.4 Å². The first-order valence-electron chi connectivity index (χ1n) is 4.78. The van der Waals surface area contributed by atoms with Crippen molar-refractivity contribution >= 4 is 5.97 Å². The number of benzene rings is 1. The van der Waals surface area contributed by atoms with E-state index in [-0.39, 0.29) is 5.82 Å². The van der Waals surface area contributed by atoms with Gasteiger partial charge in [0.05, 0.1) is 0 Å². The predicted molar refractivity (Wildman–Crippen MR) is 55.2 cm³/mol. The Bertz CT molecular complexity index is 341. The maximum absolute atomic E-state index is 13.2. The highest BCUT2D eigenvalue weighted by atomic mass is 19.1. The zero-order chi connectivity index (χ0) is 11.3. The molecule has 4 heteroatoms. The van der Waals surface area contributed by atoms with Crippen molar-refractivity contribution in [2.24, 2.45) is 0 Å². The number of halogens is 1. The lowest BCUT2D eigenvalue weighted by molar-refractivity contribution is -0.139. The van der Waals surface area contributed by atoms with Crippen molar-refractivity contribution in [1.29, 1.82) is 0 Å². The summed E-state index contributed by atoms with van der Waals surface area (Å²) in [6, 6.07) is 5.79. The number of hydrogen-bond donors (Lipinski definition) is 2. The number of rotatable bonds is 5. The number of nitrogens with one attached hydrogen (secondary N) is 1. The van der Waals surface area contributed by atoms with E-state index in [1.54, 1.807) is 25.2 Å². The van der Waals surface area contributed by atoms with E-state index >= 15 is 0 Å². The Morgan fingerprint density at radius 1 is 1.53 bits per heavy atom. The predicted octanol–water partition coefficient (Wildman–Crippen LogP) is 1.43. The third-order valence-electron chi connectivity index (χ3n) is 2.31. The SMILES string of the molecule is CNC(CCc1ccccc1F)C(=O)O. The van der Waals surface area contributed by atoms with Gasteiger partial charge in [0, 0.05) is 0 Å². The monoisotopic (exact) mass is 211 g/mol. The van der Waals surface area contributed by atoms with Crippen LogP contribution in [0.3, 0.4) is 0 Å². The fourth-order valence-corrected chi connectivity index (χ4v) is 1.39. The molecule has 3 nitrogen and oxygen atoms in total. The summed E-state index contributed by atoms with van der Waals surface area (Å²) in [6.07, 6.45) is 0.803. The minimum absolute atomic E-state index is 0.280. The highest BCUT2D eigenvalue weighted by molar-refractivity contribution is 5.73. The van der Waals surface area contributed by atoms with Crippen LogP contribution < -0.4 is 5.32 Å². The van der Waals surface area contributed by atoms with Gasteiger partial charge in [-0.3, -0.25) is 4.79 Å². The molecule has 1 aromatic carbocycles. The molecule has 0 aliphatic rings. The molecular formula is C11H14FNO2. The normalized spacial score (nSPS) is 12.4. The summed E-state index contributed by atoms with van der Waals surface area (Å²) in [5, 5.41) is 11.4. The van der Waals surface area contributed by atoms with Crippen molar-refractivity contribution < 1.29 is 14.3 Å². The molecule has 1 atom stereocenters. The number of carboxylic acids is 1. The Morgan fingerprint density at radius 2 is 2.20 bits per heavy atom. The lowest BCUT2D eigenvalue weighted by Gasteiger charge is -2.10. The van der Waals surface area contributed by atoms with Crippen molar-refractivity contribution in [3.63, 3.8) is 0 Å². The lowest BCUT2D eigenvalue weighted by Crippen LogP contribution is -2.34. The third kappa shape index (κ3) is 3.32. The first-order chi connectivity index (χ1) is 7.15. The van der Waals surface area contributed by atoms with Crippen LogP contribution in [0.25, 0.3) is 0 Å². The molecule has 82 valence electrons. The van der Waals surface area contributed by atoms with Crippen molar-refractivity contribution in [2.75, 3.05) is 7.05 Å². The summed E-state index contributed by atoms with van der Waals surface area (Å²) in [7, 11) is 1.58. The molecule has 0 amide bonds. The van der Waals surface area contributed by atoms with Crippen LogP contribution in [0.1, 0.15) is 12.0 Å². The van der Waals surface area contributed by atoms with Gasteiger partial charge in [0.15, 0.2) is 0 Å². The average Bonchev–Trinajstić information content (AvgIpc) is 2.21. The summed E-state index contributed by atoms with van der Waals surface area (Å²) >= 11 is 0. The Morgan fingerprint density at radius 3 is 2.73 bits per heavy atom. The zero-order valence-corrected chi connectivity index (χ0v) is 8.53. The highest BCUT2D eigenvalue weighted by Gasteiger charge is 2.14. The minimum atomic E-state index is -0.908. The van der Waals surface area contributed by atoms with Crippen LogP contribution in [-0.4, -0.2) is 24.2 Å². The molecule has 1 unspecified atom stereocenters. The van der Waals surface area contributed by atoms with Crippen LogP contribution in [0.15, 0.2) is 24.3 Å². The molecule has 1 rings (SSSR count). The maximum atomic E-state index is 13.2. The van der Waals surface area contributed by atoms with E-state index in [2.05, 4.69) is 5.32 Å². The first kappa shape index (κ1) is 11.7. The molecule has 15 heavy (non-hydrogen) atoms. The van der Waals surface area contributed by atoms with Crippen molar-refractivity contribution in [2.45, 2.75) is 18.9 Å². The van der Waals surface area contributed by atoms with Crippen LogP contribution >= 0.6 is 0 Å². The zero-order valence-electron chi connectivity index (χ0n) is 8.53. The standard InChI is InChI=1S/C11H14FNO2/c1-13-10(11(14)15)7-6-8-4-2-3-5-9(8)12/h2-5,10,13H,6-7H2,1H3,(H,14,15). The first-order valence-corrected chi connectivity index (χ1v) is 4.78. The van der Waals surface area contributed by atoms with E-state index in [4.69, 9.17) is 5.11 Å². The molecule has 1 aromatic rings. The highest BCUT2D eigenvalue weighted by Crippen LogP contribution is 2.10. The van der Waals surface area contributed by atoms with Gasteiger partial charge in [-0.1, -0.05) is 18.2 Å². The second-order valence-electron chi connectivity index (χ2n) is 3.31. The lowest BCUT2D eigenvalue weighted by atomic mass is 10.1. The van der Waals surface area contributed by atoms with Gasteiger partial charge in [-0.25, -0.2) is 4.39 Å². The largest absolute Gasteiger partial charge is 0.480 e. The number of carboxylic acid groups (broad SMARTS) is 1. The van der Waals surface area contributed by atoms with Gasteiger partial charge >= 0.3 is 5.97 Å². The van der Waals surface area contributed by atoms with Gasteiger partial charge in [0.2, 0.25) is 0 Å². The van der Waals surface area contributed by atoms with Crippen molar-refractivity contribution in [3.05, 3.63) is 35.6 Å². The fourth-order valence-electron chi connectivity index (χ4n) is 1.39. The smallest absolute Gasteiger partial charge is 0.320 e. The summed E-state index contributed by atoms with van der Waals surface area (Å²) in [5.41, 5.74) is 0.555. The van der Waals surface area contributed by atoms with Crippen LogP contribution in [0.5, 0.6) is 0 Å². The molecule has 0 fully saturated rings. The van der Waals surface area contributed by atoms with Crippen molar-refractivity contribution in [3.8, 4) is 0 Å². The number of aryl methyl sites for hydroxylation is 1. The Labute approximate surface area is 87.9 Å². The molecule has 0 spiro atoms. The Balaban J connectivity index is 2.56. The summed E-state index contributed by atoms with van der Waals surface area (Å²) in [4.78, 5) is 10.7. The Kier molecular flexibility index (Phi) is 4.24. The maximum Gasteiger partial charge on any atom is 0.320 e. The van der Waals surface area contributed by atoms with E-state index in [1.165, 1.54) is 6.07 Å². The molecule has 0 aliphatic heterocycles. The molecule has 0 saturated carbocycles. The molecule has 0 radical (unpaired) electrons. The van der Waals surface area contributed by atoms with E-state index in [1.807, 2.05) is 0 Å². The third-order valence-corrected chi connectivity index (χ3v) is 2.31. The van der Waals surface area contributed by atoms with E-state index < -0.39 is 12.0 Å². The second kappa shape index (κ2) is 5.46. The second-order valence-corrected chi connectivity index (χ2v) is 3.31. The van der Waals surface area contributed by atoms with Gasteiger partial charge in [-0.15, -0.1) is 0 Å². The van der Waals surface area contributed by atoms with Crippen LogP contribution in [0, 0.1) is 5.82 Å². The Hall–Kier alpha value is -1.42. The molecular weight excluding hydrogens is 197 g/mol. The summed E-state index contributed by atoms with van der Waals surface area (Å²) in [5.74, 6) is -1.19. The van der Waals surface area contributed by atoms with Gasteiger partial charge in [0.25, 0.3) is 0 Å². The quantitative estimate of drug-likeness (QED) is 0.774. The molecule has 0 aliphatic carbocycles. The van der Waals surface area contributed by atoms with Gasteiger partial charge in [-0.05, 0) is 31.5 Å². The summed E-state index contributed by atoms with van der Waals surface area (Å²) in [6.45, 7) is 0. The number of carbonyl (C=O) groups is 1. The summed E-state index contributed by atoms with van der Waals surface area (Å²) < 4.78 is 13.2. The molecule has 0 saturated heterocycles. The van der Waals surface area contributed by atoms with Crippen LogP contribution in [0.4, 0.5) is 4.39 Å². The number of hydrogen-bond acceptors (Lipinski definition) is 2. The molecule has 2 N–H and O–H groups in total. The average molecular weight is 211 g/mol. The molecule has 0 heterocycles. The van der Waals surface area contributed by atoms with Gasteiger partial charge in [-0.2, -0.15) is 0 Å².